The number of carbonyl (C=O) groups excluding carboxylic acids is 1. The molecule has 0 saturated carbocycles. The highest BCUT2D eigenvalue weighted by Gasteiger charge is 2.16. The minimum absolute atomic E-state index is 0.0114. The molecule has 6 nitrogen and oxygen atoms in total. The number of carbonyl (C=O) groups is 1. The number of alkyl halides is 2. The molecule has 0 bridgehead atoms. The lowest BCUT2D eigenvalue weighted by atomic mass is 10.1. The van der Waals surface area contributed by atoms with Crippen molar-refractivity contribution in [3.8, 4) is 0 Å². The van der Waals surface area contributed by atoms with Crippen LogP contribution in [0.4, 0.5) is 18.7 Å². The molecule has 0 fully saturated rings. The lowest BCUT2D eigenvalue weighted by Crippen LogP contribution is -2.37. The molecule has 1 atom stereocenters. The van der Waals surface area contributed by atoms with Crippen molar-refractivity contribution < 1.29 is 18.7 Å². The molecule has 1 heterocycles. The number of urea groups is 1. The summed E-state index contributed by atoms with van der Waals surface area (Å²) in [4.78, 5) is 11.3. The Kier molecular flexibility index (Phi) is 5.35. The van der Waals surface area contributed by atoms with Gasteiger partial charge in [0, 0.05) is 6.54 Å². The van der Waals surface area contributed by atoms with Gasteiger partial charge in [-0.25, -0.2) is 13.6 Å². The van der Waals surface area contributed by atoms with E-state index in [4.69, 9.17) is 0 Å². The predicted octanol–water partition coefficient (Wildman–Crippen LogP) is 1.61. The number of amides is 2. The molecule has 2 amide bonds. The summed E-state index contributed by atoms with van der Waals surface area (Å²) < 4.78 is 24.4. The molecule has 0 aliphatic heterocycles. The van der Waals surface area contributed by atoms with Crippen molar-refractivity contribution in [3.05, 3.63) is 5.01 Å². The highest BCUT2D eigenvalue weighted by atomic mass is 32.1. The van der Waals surface area contributed by atoms with Gasteiger partial charge in [0.15, 0.2) is 5.01 Å². The maximum Gasteiger partial charge on any atom is 0.321 e. The van der Waals surface area contributed by atoms with Gasteiger partial charge < -0.3 is 10.4 Å². The van der Waals surface area contributed by atoms with Crippen LogP contribution in [0.3, 0.4) is 0 Å². The van der Waals surface area contributed by atoms with Gasteiger partial charge in [-0.3, -0.25) is 5.32 Å². The molecular weight excluding hydrogens is 266 g/mol. The average molecular weight is 280 g/mol. The second kappa shape index (κ2) is 6.55. The van der Waals surface area contributed by atoms with Crippen molar-refractivity contribution >= 4 is 22.5 Å². The van der Waals surface area contributed by atoms with Crippen molar-refractivity contribution in [1.82, 2.24) is 15.5 Å². The summed E-state index contributed by atoms with van der Waals surface area (Å²) in [5, 5.41) is 20.3. The predicted molar refractivity (Wildman–Crippen MR) is 62.7 cm³/mol. The zero-order valence-electron chi connectivity index (χ0n) is 9.85. The summed E-state index contributed by atoms with van der Waals surface area (Å²) in [5.74, 6) is 0.0114. The van der Waals surface area contributed by atoms with Gasteiger partial charge >= 0.3 is 6.03 Å². The molecule has 0 aliphatic carbocycles. The molecule has 0 spiro atoms. The van der Waals surface area contributed by atoms with E-state index < -0.39 is 23.6 Å². The van der Waals surface area contributed by atoms with Gasteiger partial charge in [-0.1, -0.05) is 25.2 Å². The van der Waals surface area contributed by atoms with E-state index in [0.717, 1.165) is 0 Å². The first-order valence-electron chi connectivity index (χ1n) is 5.24. The van der Waals surface area contributed by atoms with E-state index in [9.17, 15) is 18.7 Å². The van der Waals surface area contributed by atoms with Crippen LogP contribution in [0, 0.1) is 5.92 Å². The van der Waals surface area contributed by atoms with Crippen molar-refractivity contribution in [1.29, 1.82) is 0 Å². The molecule has 0 aliphatic rings. The van der Waals surface area contributed by atoms with Gasteiger partial charge in [0.05, 0.1) is 6.10 Å². The van der Waals surface area contributed by atoms with E-state index in [1.54, 1.807) is 0 Å². The zero-order chi connectivity index (χ0) is 13.7. The summed E-state index contributed by atoms with van der Waals surface area (Å²) in [6, 6.07) is -0.619. The van der Waals surface area contributed by atoms with Crippen LogP contribution in [0.2, 0.25) is 0 Å². The summed E-state index contributed by atoms with van der Waals surface area (Å²) in [7, 11) is 0. The van der Waals surface area contributed by atoms with Crippen LogP contribution in [-0.4, -0.2) is 34.0 Å². The number of hydrogen-bond acceptors (Lipinski definition) is 5. The van der Waals surface area contributed by atoms with Gasteiger partial charge in [-0.2, -0.15) is 0 Å². The Balaban J connectivity index is 2.40. The van der Waals surface area contributed by atoms with Crippen molar-refractivity contribution in [2.75, 3.05) is 11.9 Å². The molecule has 102 valence electrons. The number of halogens is 2. The van der Waals surface area contributed by atoms with Crippen LogP contribution < -0.4 is 10.6 Å². The highest BCUT2D eigenvalue weighted by molar-refractivity contribution is 7.15. The Morgan fingerprint density at radius 1 is 1.44 bits per heavy atom. The Hall–Kier alpha value is -1.35. The number of rotatable bonds is 5. The normalized spacial score (nSPS) is 12.8. The number of nitrogens with zero attached hydrogens (tertiary/aromatic N) is 2. The van der Waals surface area contributed by atoms with Crippen molar-refractivity contribution in [2.24, 2.45) is 5.92 Å². The fraction of sp³-hybridized carbons (Fsp3) is 0.667. The van der Waals surface area contributed by atoms with Gasteiger partial charge in [0.25, 0.3) is 6.43 Å². The van der Waals surface area contributed by atoms with Crippen molar-refractivity contribution in [3.63, 3.8) is 0 Å². The minimum Gasteiger partial charge on any atom is -0.391 e. The molecule has 0 saturated heterocycles. The third kappa shape index (κ3) is 4.49. The van der Waals surface area contributed by atoms with Crippen LogP contribution in [0.25, 0.3) is 0 Å². The average Bonchev–Trinajstić information content (AvgIpc) is 2.74. The summed E-state index contributed by atoms with van der Waals surface area (Å²) in [6.07, 6.45) is -3.37. The molecule has 1 unspecified atom stereocenters. The summed E-state index contributed by atoms with van der Waals surface area (Å²) in [6.45, 7) is 3.69. The first-order valence-corrected chi connectivity index (χ1v) is 6.06. The topological polar surface area (TPSA) is 87.1 Å². The number of aliphatic hydroxyl groups is 1. The van der Waals surface area contributed by atoms with Gasteiger partial charge in [0.1, 0.15) is 0 Å². The zero-order valence-corrected chi connectivity index (χ0v) is 10.7. The summed E-state index contributed by atoms with van der Waals surface area (Å²) in [5.41, 5.74) is 0. The van der Waals surface area contributed by atoms with Crippen LogP contribution in [0.1, 0.15) is 25.3 Å². The maximum atomic E-state index is 12.2. The van der Waals surface area contributed by atoms with Gasteiger partial charge in [0.2, 0.25) is 5.13 Å². The molecular formula is C9H14F2N4O2S. The fourth-order valence-electron chi connectivity index (χ4n) is 0.948. The highest BCUT2D eigenvalue weighted by Crippen LogP contribution is 2.24. The number of anilines is 1. The lowest BCUT2D eigenvalue weighted by molar-refractivity contribution is 0.126. The summed E-state index contributed by atoms with van der Waals surface area (Å²) >= 11 is 0.603. The third-order valence-electron chi connectivity index (χ3n) is 2.09. The lowest BCUT2D eigenvalue weighted by Gasteiger charge is -2.14. The Morgan fingerprint density at radius 2 is 2.11 bits per heavy atom. The smallest absolute Gasteiger partial charge is 0.321 e. The molecule has 1 rings (SSSR count). The Labute approximate surface area is 106 Å². The monoisotopic (exact) mass is 280 g/mol. The minimum atomic E-state index is -2.70. The van der Waals surface area contributed by atoms with Crippen LogP contribution in [0.15, 0.2) is 0 Å². The van der Waals surface area contributed by atoms with Gasteiger partial charge in [-0.05, 0) is 5.92 Å². The third-order valence-corrected chi connectivity index (χ3v) is 2.94. The SMILES string of the molecule is CC(C)C(O)CNC(=O)Nc1nnc(C(F)F)s1. The van der Waals surface area contributed by atoms with Crippen molar-refractivity contribution in [2.45, 2.75) is 26.4 Å². The first kappa shape index (κ1) is 14.7. The molecule has 0 aromatic carbocycles. The quantitative estimate of drug-likeness (QED) is 0.764. The van der Waals surface area contributed by atoms with E-state index in [2.05, 4.69) is 20.8 Å². The van der Waals surface area contributed by atoms with E-state index in [1.165, 1.54) is 0 Å². The Morgan fingerprint density at radius 3 is 2.61 bits per heavy atom. The van der Waals surface area contributed by atoms with E-state index >= 15 is 0 Å². The Bertz CT molecular complexity index is 400. The molecule has 3 N–H and O–H groups in total. The first-order chi connectivity index (χ1) is 8.40. The molecule has 1 aromatic rings. The largest absolute Gasteiger partial charge is 0.391 e. The standard InChI is InChI=1S/C9H14F2N4O2S/c1-4(2)5(16)3-12-8(17)13-9-15-14-7(18-9)6(10)11/h4-6,16H,3H2,1-2H3,(H2,12,13,15,17). The molecule has 1 aromatic heterocycles. The second-order valence-electron chi connectivity index (χ2n) is 3.89. The number of aliphatic hydroxyl groups excluding tert-OH is 1. The van der Waals surface area contributed by atoms with E-state index in [1.807, 2.05) is 13.8 Å². The van der Waals surface area contributed by atoms with Crippen LogP contribution >= 0.6 is 11.3 Å². The molecule has 18 heavy (non-hydrogen) atoms. The number of aromatic nitrogens is 2. The molecule has 9 heteroatoms. The molecule has 0 radical (unpaired) electrons. The van der Waals surface area contributed by atoms with Crippen LogP contribution in [-0.2, 0) is 0 Å². The number of nitrogens with one attached hydrogen (secondary N) is 2. The van der Waals surface area contributed by atoms with Crippen LogP contribution in [0.5, 0.6) is 0 Å². The number of hydrogen-bond donors (Lipinski definition) is 3. The van der Waals surface area contributed by atoms with E-state index in [-0.39, 0.29) is 17.6 Å². The van der Waals surface area contributed by atoms with E-state index in [0.29, 0.717) is 11.3 Å². The van der Waals surface area contributed by atoms with Gasteiger partial charge in [-0.15, -0.1) is 10.2 Å². The fourth-order valence-corrected chi connectivity index (χ4v) is 1.54. The second-order valence-corrected chi connectivity index (χ2v) is 4.90. The maximum absolute atomic E-state index is 12.2.